The quantitative estimate of drug-likeness (QED) is 0.796. The smallest absolute Gasteiger partial charge is 0.220 e. The lowest BCUT2D eigenvalue weighted by atomic mass is 10.0. The van der Waals surface area contributed by atoms with Gasteiger partial charge in [-0.2, -0.15) is 5.10 Å². The van der Waals surface area contributed by atoms with E-state index in [9.17, 15) is 4.79 Å². The zero-order chi connectivity index (χ0) is 17.8. The second-order valence-electron chi connectivity index (χ2n) is 6.78. The maximum Gasteiger partial charge on any atom is 0.220 e. The Hall–Kier alpha value is -2.06. The van der Waals surface area contributed by atoms with Crippen molar-refractivity contribution >= 4 is 11.6 Å². The van der Waals surface area contributed by atoms with Gasteiger partial charge in [-0.05, 0) is 32.9 Å². The number of carbonyl (C=O) groups is 1. The molecule has 1 amide bonds. The fraction of sp³-hybridized carbons (Fsp3) is 0.647. The van der Waals surface area contributed by atoms with Crippen molar-refractivity contribution < 1.29 is 4.79 Å². The van der Waals surface area contributed by atoms with Crippen LogP contribution in [0.25, 0.3) is 5.65 Å². The number of aryl methyl sites for hydroxylation is 2. The summed E-state index contributed by atoms with van der Waals surface area (Å²) in [5.41, 5.74) is 3.83. The molecule has 0 atom stereocenters. The third-order valence-corrected chi connectivity index (χ3v) is 4.96. The van der Waals surface area contributed by atoms with Crippen LogP contribution < -0.4 is 5.32 Å². The van der Waals surface area contributed by atoms with Gasteiger partial charge in [0, 0.05) is 51.3 Å². The zero-order valence-corrected chi connectivity index (χ0v) is 15.3. The van der Waals surface area contributed by atoms with E-state index in [0.29, 0.717) is 19.4 Å². The Labute approximate surface area is 148 Å². The minimum Gasteiger partial charge on any atom is -0.355 e. The van der Waals surface area contributed by atoms with Crippen LogP contribution in [0.5, 0.6) is 0 Å². The van der Waals surface area contributed by atoms with E-state index in [2.05, 4.69) is 37.5 Å². The number of rotatable bonds is 6. The molecule has 136 valence electrons. The first kappa shape index (κ1) is 17.8. The standard InChI is InChI=1S/C17H27N7O/c1-13-15(14(2)21-24-12-19-20-17(13)24)4-5-16(25)18-6-7-23-10-8-22(3)9-11-23/h12H,4-11H2,1-3H3,(H,18,25). The molecule has 0 spiro atoms. The van der Waals surface area contributed by atoms with Crippen molar-refractivity contribution in [1.82, 2.24) is 34.9 Å². The Morgan fingerprint density at radius 1 is 1.24 bits per heavy atom. The highest BCUT2D eigenvalue weighted by molar-refractivity contribution is 5.76. The third-order valence-electron chi connectivity index (χ3n) is 4.96. The topological polar surface area (TPSA) is 78.7 Å². The minimum absolute atomic E-state index is 0.0919. The number of aromatic nitrogens is 4. The van der Waals surface area contributed by atoms with Crippen molar-refractivity contribution in [3.63, 3.8) is 0 Å². The van der Waals surface area contributed by atoms with Gasteiger partial charge in [0.05, 0.1) is 5.69 Å². The van der Waals surface area contributed by atoms with Crippen LogP contribution in [0.3, 0.4) is 0 Å². The molecule has 0 aromatic carbocycles. The molecule has 0 radical (unpaired) electrons. The van der Waals surface area contributed by atoms with Crippen LogP contribution in [-0.4, -0.2) is 81.8 Å². The van der Waals surface area contributed by atoms with E-state index in [-0.39, 0.29) is 5.91 Å². The lowest BCUT2D eigenvalue weighted by Crippen LogP contribution is -2.46. The molecule has 8 heteroatoms. The molecule has 0 unspecified atom stereocenters. The number of carbonyl (C=O) groups excluding carboxylic acids is 1. The maximum atomic E-state index is 12.2. The highest BCUT2D eigenvalue weighted by Crippen LogP contribution is 2.17. The molecule has 25 heavy (non-hydrogen) atoms. The van der Waals surface area contributed by atoms with Crippen LogP contribution in [0.1, 0.15) is 23.2 Å². The first-order valence-electron chi connectivity index (χ1n) is 8.88. The van der Waals surface area contributed by atoms with Gasteiger partial charge < -0.3 is 10.2 Å². The maximum absolute atomic E-state index is 12.2. The number of fused-ring (bicyclic) bond motifs is 1. The Balaban J connectivity index is 1.46. The first-order valence-corrected chi connectivity index (χ1v) is 8.88. The van der Waals surface area contributed by atoms with Gasteiger partial charge in [0.15, 0.2) is 5.65 Å². The van der Waals surface area contributed by atoms with E-state index in [4.69, 9.17) is 0 Å². The Morgan fingerprint density at radius 2 is 2.00 bits per heavy atom. The van der Waals surface area contributed by atoms with E-state index in [1.54, 1.807) is 10.8 Å². The Kier molecular flexibility index (Phi) is 5.60. The number of nitrogens with one attached hydrogen (secondary N) is 1. The SMILES string of the molecule is Cc1nn2cnnc2c(C)c1CCC(=O)NCCN1CCN(C)CC1. The van der Waals surface area contributed by atoms with E-state index >= 15 is 0 Å². The molecule has 3 heterocycles. The van der Waals surface area contributed by atoms with Crippen LogP contribution >= 0.6 is 0 Å². The molecule has 1 aliphatic rings. The fourth-order valence-electron chi connectivity index (χ4n) is 3.30. The van der Waals surface area contributed by atoms with Gasteiger partial charge in [0.2, 0.25) is 5.91 Å². The average Bonchev–Trinajstić information content (AvgIpc) is 3.05. The van der Waals surface area contributed by atoms with Crippen molar-refractivity contribution in [2.24, 2.45) is 0 Å². The average molecular weight is 345 g/mol. The number of amides is 1. The van der Waals surface area contributed by atoms with Crippen LogP contribution in [0.4, 0.5) is 0 Å². The van der Waals surface area contributed by atoms with Crippen molar-refractivity contribution in [3.8, 4) is 0 Å². The fourth-order valence-corrected chi connectivity index (χ4v) is 3.30. The molecule has 2 aromatic rings. The molecule has 1 saturated heterocycles. The van der Waals surface area contributed by atoms with Gasteiger partial charge in [-0.3, -0.25) is 9.69 Å². The zero-order valence-electron chi connectivity index (χ0n) is 15.3. The molecule has 8 nitrogen and oxygen atoms in total. The largest absolute Gasteiger partial charge is 0.355 e. The van der Waals surface area contributed by atoms with Gasteiger partial charge >= 0.3 is 0 Å². The summed E-state index contributed by atoms with van der Waals surface area (Å²) in [4.78, 5) is 16.9. The summed E-state index contributed by atoms with van der Waals surface area (Å²) in [6, 6.07) is 0. The van der Waals surface area contributed by atoms with Crippen LogP contribution in [0.15, 0.2) is 6.33 Å². The second-order valence-corrected chi connectivity index (χ2v) is 6.78. The molecule has 1 N–H and O–H groups in total. The third kappa shape index (κ3) is 4.32. The highest BCUT2D eigenvalue weighted by atomic mass is 16.1. The molecule has 0 saturated carbocycles. The number of hydrogen-bond donors (Lipinski definition) is 1. The van der Waals surface area contributed by atoms with Gasteiger partial charge in [0.1, 0.15) is 6.33 Å². The van der Waals surface area contributed by atoms with E-state index in [1.165, 1.54) is 0 Å². The summed E-state index contributed by atoms with van der Waals surface area (Å²) in [6.45, 7) is 9.97. The number of likely N-dealkylation sites (N-methyl/N-ethyl adjacent to an activating group) is 1. The van der Waals surface area contributed by atoms with Crippen LogP contribution in [0.2, 0.25) is 0 Å². The molecule has 3 rings (SSSR count). The molecule has 0 aliphatic carbocycles. The minimum atomic E-state index is 0.0919. The van der Waals surface area contributed by atoms with Gasteiger partial charge in [0.25, 0.3) is 0 Å². The molecule has 1 aliphatic heterocycles. The van der Waals surface area contributed by atoms with Crippen LogP contribution in [0, 0.1) is 13.8 Å². The van der Waals surface area contributed by atoms with Gasteiger partial charge in [-0.25, -0.2) is 4.52 Å². The van der Waals surface area contributed by atoms with Crippen molar-refractivity contribution in [2.75, 3.05) is 46.3 Å². The van der Waals surface area contributed by atoms with Crippen LogP contribution in [-0.2, 0) is 11.2 Å². The lowest BCUT2D eigenvalue weighted by molar-refractivity contribution is -0.121. The normalized spacial score (nSPS) is 16.4. The summed E-state index contributed by atoms with van der Waals surface area (Å²) >= 11 is 0. The predicted molar refractivity (Wildman–Crippen MR) is 95.5 cm³/mol. The lowest BCUT2D eigenvalue weighted by Gasteiger charge is -2.32. The molecular weight excluding hydrogens is 318 g/mol. The van der Waals surface area contributed by atoms with Gasteiger partial charge in [-0.1, -0.05) is 0 Å². The summed E-state index contributed by atoms with van der Waals surface area (Å²) in [5, 5.41) is 15.5. The van der Waals surface area contributed by atoms with Gasteiger partial charge in [-0.15, -0.1) is 10.2 Å². The Bertz CT molecular complexity index is 734. The molecular formula is C17H27N7O. The summed E-state index contributed by atoms with van der Waals surface area (Å²) in [6.07, 6.45) is 2.74. The van der Waals surface area contributed by atoms with Crippen molar-refractivity contribution in [2.45, 2.75) is 26.7 Å². The summed E-state index contributed by atoms with van der Waals surface area (Å²) in [5.74, 6) is 0.0919. The predicted octanol–water partition coefficient (Wildman–Crippen LogP) is 0.0373. The first-order chi connectivity index (χ1) is 12.0. The molecule has 0 bridgehead atoms. The number of piperazine rings is 1. The highest BCUT2D eigenvalue weighted by Gasteiger charge is 2.15. The molecule has 2 aromatic heterocycles. The van der Waals surface area contributed by atoms with Crippen molar-refractivity contribution in [3.05, 3.63) is 23.1 Å². The van der Waals surface area contributed by atoms with E-state index in [1.807, 2.05) is 13.8 Å². The monoisotopic (exact) mass is 345 g/mol. The molecule has 1 fully saturated rings. The number of hydrogen-bond acceptors (Lipinski definition) is 6. The Morgan fingerprint density at radius 3 is 2.76 bits per heavy atom. The summed E-state index contributed by atoms with van der Waals surface area (Å²) < 4.78 is 1.68. The second kappa shape index (κ2) is 7.88. The van der Waals surface area contributed by atoms with Crippen molar-refractivity contribution in [1.29, 1.82) is 0 Å². The number of nitrogens with zero attached hydrogens (tertiary/aromatic N) is 6. The van der Waals surface area contributed by atoms with E-state index in [0.717, 1.165) is 55.2 Å². The van der Waals surface area contributed by atoms with E-state index < -0.39 is 0 Å². The summed E-state index contributed by atoms with van der Waals surface area (Å²) in [7, 11) is 2.15.